The van der Waals surface area contributed by atoms with E-state index in [-0.39, 0.29) is 11.6 Å². The van der Waals surface area contributed by atoms with Gasteiger partial charge in [0.2, 0.25) is 0 Å². The van der Waals surface area contributed by atoms with Crippen LogP contribution in [0.1, 0.15) is 46.0 Å². The molecule has 0 fully saturated rings. The number of carboxylic acids is 1. The number of hydrogen-bond donors (Lipinski definition) is 1. The summed E-state index contributed by atoms with van der Waals surface area (Å²) < 4.78 is 7.38. The molecule has 34 heavy (non-hydrogen) atoms. The minimum Gasteiger partial charge on any atom is -0.478 e. The van der Waals surface area contributed by atoms with Gasteiger partial charge in [0.25, 0.3) is 0 Å². The summed E-state index contributed by atoms with van der Waals surface area (Å²) in [5, 5.41) is 19.5. The van der Waals surface area contributed by atoms with Gasteiger partial charge in [-0.2, -0.15) is 5.10 Å². The smallest absolute Gasteiger partial charge is 0.335 e. The van der Waals surface area contributed by atoms with Gasteiger partial charge in [-0.1, -0.05) is 23.4 Å². The van der Waals surface area contributed by atoms with Crippen molar-refractivity contribution in [1.82, 2.24) is 19.9 Å². The number of pyridine rings is 1. The highest BCUT2D eigenvalue weighted by atomic mass is 16.5. The van der Waals surface area contributed by atoms with Gasteiger partial charge in [-0.15, -0.1) is 0 Å². The van der Waals surface area contributed by atoms with Gasteiger partial charge >= 0.3 is 5.97 Å². The first-order valence-electron chi connectivity index (χ1n) is 11.1. The molecule has 0 saturated heterocycles. The van der Waals surface area contributed by atoms with Crippen LogP contribution in [0.5, 0.6) is 0 Å². The minimum atomic E-state index is -0.938. The Morgan fingerprint density at radius 2 is 1.82 bits per heavy atom. The van der Waals surface area contributed by atoms with Gasteiger partial charge in [-0.3, -0.25) is 9.67 Å². The molecule has 5 aromatic rings. The molecule has 0 amide bonds. The van der Waals surface area contributed by atoms with Gasteiger partial charge < -0.3 is 9.63 Å². The summed E-state index contributed by atoms with van der Waals surface area (Å²) in [6, 6.07) is 17.3. The Kier molecular flexibility index (Phi) is 5.24. The highest BCUT2D eigenvalue weighted by Gasteiger charge is 2.21. The van der Waals surface area contributed by atoms with Crippen LogP contribution in [0.4, 0.5) is 0 Å². The molecule has 2 aromatic carbocycles. The highest BCUT2D eigenvalue weighted by Crippen LogP contribution is 2.36. The maximum absolute atomic E-state index is 11.5. The van der Waals surface area contributed by atoms with Crippen molar-refractivity contribution in [2.45, 2.75) is 33.7 Å². The second-order valence-corrected chi connectivity index (χ2v) is 8.49. The Morgan fingerprint density at radius 3 is 2.47 bits per heavy atom. The molecule has 0 saturated carbocycles. The lowest BCUT2D eigenvalue weighted by atomic mass is 9.99. The zero-order valence-electron chi connectivity index (χ0n) is 19.4. The van der Waals surface area contributed by atoms with Crippen LogP contribution < -0.4 is 0 Å². The summed E-state index contributed by atoms with van der Waals surface area (Å²) in [6.45, 7) is 7.71. The predicted octanol–water partition coefficient (Wildman–Crippen LogP) is 5.99. The first-order chi connectivity index (χ1) is 16.3. The number of benzene rings is 2. The van der Waals surface area contributed by atoms with Crippen LogP contribution in [0.15, 0.2) is 65.3 Å². The first kappa shape index (κ1) is 21.6. The minimum absolute atomic E-state index is 0.114. The van der Waals surface area contributed by atoms with Crippen molar-refractivity contribution < 1.29 is 14.4 Å². The summed E-state index contributed by atoms with van der Waals surface area (Å²) in [5.74, 6) is -0.173. The van der Waals surface area contributed by atoms with Crippen molar-refractivity contribution in [3.05, 3.63) is 89.1 Å². The van der Waals surface area contributed by atoms with Crippen molar-refractivity contribution in [3.63, 3.8) is 0 Å². The highest BCUT2D eigenvalue weighted by molar-refractivity contribution is 5.97. The fourth-order valence-electron chi connectivity index (χ4n) is 4.50. The van der Waals surface area contributed by atoms with Crippen LogP contribution in [0, 0.1) is 20.8 Å². The summed E-state index contributed by atoms with van der Waals surface area (Å²) in [6.07, 6.45) is 1.78. The average molecular weight is 453 g/mol. The van der Waals surface area contributed by atoms with Crippen molar-refractivity contribution in [2.75, 3.05) is 0 Å². The summed E-state index contributed by atoms with van der Waals surface area (Å²) in [7, 11) is 0. The van der Waals surface area contributed by atoms with Crippen molar-refractivity contribution in [2.24, 2.45) is 0 Å². The summed E-state index contributed by atoms with van der Waals surface area (Å²) >= 11 is 0. The van der Waals surface area contributed by atoms with Gasteiger partial charge in [-0.25, -0.2) is 4.79 Å². The van der Waals surface area contributed by atoms with Crippen LogP contribution in [0.25, 0.3) is 33.3 Å². The molecule has 5 rings (SSSR count). The lowest BCUT2D eigenvalue weighted by Gasteiger charge is -2.13. The Bertz CT molecular complexity index is 1510. The molecule has 0 bridgehead atoms. The lowest BCUT2D eigenvalue weighted by molar-refractivity contribution is 0.0696. The maximum atomic E-state index is 11.5. The number of carbonyl (C=O) groups is 1. The summed E-state index contributed by atoms with van der Waals surface area (Å²) in [5.41, 5.74) is 7.30. The SMILES string of the molecule is Cc1cc(-c2nn([C@@H](C)c3ccccn3)c3cc(-c4c(C)noc4C)ccc23)ccc1C(=O)O. The molecule has 7 nitrogen and oxygen atoms in total. The molecular formula is C27H24N4O3. The van der Waals surface area contributed by atoms with Crippen LogP contribution in [0.2, 0.25) is 0 Å². The molecule has 0 radical (unpaired) electrons. The fraction of sp³-hybridized carbons (Fsp3) is 0.185. The fourth-order valence-corrected chi connectivity index (χ4v) is 4.50. The molecule has 0 aliphatic heterocycles. The van der Waals surface area contributed by atoms with E-state index in [1.165, 1.54) is 0 Å². The normalized spacial score (nSPS) is 12.2. The van der Waals surface area contributed by atoms with E-state index >= 15 is 0 Å². The Morgan fingerprint density at radius 1 is 1.03 bits per heavy atom. The molecule has 0 unspecified atom stereocenters. The molecule has 1 atom stereocenters. The monoisotopic (exact) mass is 452 g/mol. The molecule has 3 heterocycles. The largest absolute Gasteiger partial charge is 0.478 e. The number of aromatic carboxylic acids is 1. The van der Waals surface area contributed by atoms with E-state index in [0.717, 1.165) is 50.4 Å². The Balaban J connectivity index is 1.74. The van der Waals surface area contributed by atoms with Crippen LogP contribution in [-0.2, 0) is 0 Å². The average Bonchev–Trinajstić information content (AvgIpc) is 3.38. The van der Waals surface area contributed by atoms with Crippen molar-refractivity contribution >= 4 is 16.9 Å². The van der Waals surface area contributed by atoms with E-state index in [2.05, 4.69) is 29.2 Å². The molecule has 3 aromatic heterocycles. The van der Waals surface area contributed by atoms with E-state index in [0.29, 0.717) is 5.56 Å². The second kappa shape index (κ2) is 8.26. The third-order valence-corrected chi connectivity index (χ3v) is 6.24. The number of rotatable bonds is 5. The lowest BCUT2D eigenvalue weighted by Crippen LogP contribution is -2.10. The van der Waals surface area contributed by atoms with E-state index in [1.807, 2.05) is 54.9 Å². The van der Waals surface area contributed by atoms with E-state index in [1.54, 1.807) is 19.2 Å². The predicted molar refractivity (Wildman–Crippen MR) is 130 cm³/mol. The molecular weight excluding hydrogens is 428 g/mol. The molecule has 170 valence electrons. The number of hydrogen-bond acceptors (Lipinski definition) is 5. The van der Waals surface area contributed by atoms with Crippen LogP contribution in [-0.4, -0.2) is 31.0 Å². The van der Waals surface area contributed by atoms with Crippen molar-refractivity contribution in [3.8, 4) is 22.4 Å². The van der Waals surface area contributed by atoms with E-state index in [9.17, 15) is 9.90 Å². The molecule has 0 spiro atoms. The van der Waals surface area contributed by atoms with Gasteiger partial charge in [-0.05, 0) is 75.2 Å². The quantitative estimate of drug-likeness (QED) is 0.352. The number of aryl methyl sites for hydroxylation is 3. The molecule has 0 aliphatic rings. The van der Waals surface area contributed by atoms with E-state index < -0.39 is 5.97 Å². The van der Waals surface area contributed by atoms with Crippen LogP contribution in [0.3, 0.4) is 0 Å². The van der Waals surface area contributed by atoms with Gasteiger partial charge in [0, 0.05) is 22.7 Å². The molecule has 7 heteroatoms. The third-order valence-electron chi connectivity index (χ3n) is 6.24. The molecule has 1 N–H and O–H groups in total. The van der Waals surface area contributed by atoms with Gasteiger partial charge in [0.15, 0.2) is 0 Å². The van der Waals surface area contributed by atoms with Crippen LogP contribution >= 0.6 is 0 Å². The Labute approximate surface area is 196 Å². The third kappa shape index (κ3) is 3.55. The number of aromatic nitrogens is 4. The second-order valence-electron chi connectivity index (χ2n) is 8.49. The standard InChI is InChI=1S/C27H24N4O3/c1-15-13-20(9-10-21(15)27(32)33)26-22-11-8-19(25-16(2)30-34-18(25)4)14-24(22)31(29-26)17(3)23-7-5-6-12-28-23/h5-14,17H,1-4H3,(H,32,33)/t17-/m0/s1. The number of fused-ring (bicyclic) bond motifs is 1. The van der Waals surface area contributed by atoms with Crippen molar-refractivity contribution in [1.29, 1.82) is 0 Å². The number of carboxylic acid groups (broad SMARTS) is 1. The maximum Gasteiger partial charge on any atom is 0.335 e. The van der Waals surface area contributed by atoms with Gasteiger partial charge in [0.1, 0.15) is 11.5 Å². The molecule has 0 aliphatic carbocycles. The number of nitrogens with zero attached hydrogens (tertiary/aromatic N) is 4. The zero-order chi connectivity index (χ0) is 24.0. The van der Waals surface area contributed by atoms with Gasteiger partial charge in [0.05, 0.1) is 28.5 Å². The summed E-state index contributed by atoms with van der Waals surface area (Å²) in [4.78, 5) is 16.0. The zero-order valence-corrected chi connectivity index (χ0v) is 19.4. The first-order valence-corrected chi connectivity index (χ1v) is 11.1. The van der Waals surface area contributed by atoms with E-state index in [4.69, 9.17) is 9.62 Å². The Hall–Kier alpha value is -4.26. The topological polar surface area (TPSA) is 94.0 Å².